The highest BCUT2D eigenvalue weighted by atomic mass is 35.5. The van der Waals surface area contributed by atoms with Crippen LogP contribution in [0.25, 0.3) is 0 Å². The predicted octanol–water partition coefficient (Wildman–Crippen LogP) is 0.736. The summed E-state index contributed by atoms with van der Waals surface area (Å²) in [6.45, 7) is 2.55. The molecule has 2 heterocycles. The van der Waals surface area contributed by atoms with Crippen molar-refractivity contribution in [3.05, 3.63) is 54.4 Å². The van der Waals surface area contributed by atoms with Crippen LogP contribution in [0.3, 0.4) is 0 Å². The first-order chi connectivity index (χ1) is 12.4. The second-order valence-electron chi connectivity index (χ2n) is 6.09. The Morgan fingerprint density at radius 1 is 1.30 bits per heavy atom. The zero-order chi connectivity index (χ0) is 18.6. The number of sulfonamides is 1. The Kier molecular flexibility index (Phi) is 7.28. The van der Waals surface area contributed by atoms with Gasteiger partial charge in [-0.15, -0.1) is 12.4 Å². The minimum absolute atomic E-state index is 0. The summed E-state index contributed by atoms with van der Waals surface area (Å²) < 4.78 is 22.5. The number of anilines is 1. The van der Waals surface area contributed by atoms with Crippen molar-refractivity contribution in [3.8, 4) is 0 Å². The van der Waals surface area contributed by atoms with E-state index in [1.807, 2.05) is 18.3 Å². The Bertz CT molecular complexity index is 862. The fourth-order valence-electron chi connectivity index (χ4n) is 2.95. The monoisotopic (exact) mass is 411 g/mol. The Morgan fingerprint density at radius 3 is 2.67 bits per heavy atom. The maximum atomic E-state index is 12.4. The number of hydrogen-bond donors (Lipinski definition) is 3. The summed E-state index contributed by atoms with van der Waals surface area (Å²) in [5, 5.41) is 11.2. The second kappa shape index (κ2) is 9.25. The van der Waals surface area contributed by atoms with E-state index in [0.29, 0.717) is 5.69 Å². The van der Waals surface area contributed by atoms with E-state index in [4.69, 9.17) is 5.14 Å². The van der Waals surface area contributed by atoms with Gasteiger partial charge in [-0.3, -0.25) is 14.7 Å². The third kappa shape index (κ3) is 5.72. The lowest BCUT2D eigenvalue weighted by Crippen LogP contribution is -2.48. The number of halogens is 1. The van der Waals surface area contributed by atoms with E-state index in [1.54, 1.807) is 6.20 Å². The van der Waals surface area contributed by atoms with E-state index in [2.05, 4.69) is 20.5 Å². The van der Waals surface area contributed by atoms with Gasteiger partial charge < -0.3 is 10.6 Å². The largest absolute Gasteiger partial charge is 0.325 e. The van der Waals surface area contributed by atoms with Crippen LogP contribution < -0.4 is 15.8 Å². The molecule has 4 N–H and O–H groups in total. The molecule has 1 saturated heterocycles. The molecule has 10 heteroatoms. The predicted molar refractivity (Wildman–Crippen MR) is 105 cm³/mol. The van der Waals surface area contributed by atoms with Gasteiger partial charge in [-0.05, 0) is 35.9 Å². The van der Waals surface area contributed by atoms with E-state index in [-0.39, 0.29) is 35.8 Å². The van der Waals surface area contributed by atoms with Crippen LogP contribution in [0.5, 0.6) is 0 Å². The number of carbonyl (C=O) groups excluding carboxylic acids is 1. The van der Waals surface area contributed by atoms with Crippen molar-refractivity contribution in [1.82, 2.24) is 15.2 Å². The molecule has 0 aliphatic carbocycles. The molecule has 0 saturated carbocycles. The van der Waals surface area contributed by atoms with Gasteiger partial charge in [0, 0.05) is 43.8 Å². The normalized spacial score (nSPS) is 17.7. The molecular formula is C17H22ClN5O3S. The Labute approximate surface area is 164 Å². The van der Waals surface area contributed by atoms with Crippen LogP contribution in [-0.4, -0.2) is 50.4 Å². The van der Waals surface area contributed by atoms with E-state index in [1.165, 1.54) is 24.3 Å². The summed E-state index contributed by atoms with van der Waals surface area (Å²) in [4.78, 5) is 18.7. The smallest absolute Gasteiger partial charge is 0.238 e. The molecular weight excluding hydrogens is 390 g/mol. The summed E-state index contributed by atoms with van der Waals surface area (Å²) >= 11 is 0. The third-order valence-electron chi connectivity index (χ3n) is 4.24. The zero-order valence-electron chi connectivity index (χ0n) is 14.5. The number of pyridine rings is 1. The van der Waals surface area contributed by atoms with Gasteiger partial charge in [-0.2, -0.15) is 0 Å². The first kappa shape index (κ1) is 21.3. The van der Waals surface area contributed by atoms with Gasteiger partial charge in [0.25, 0.3) is 0 Å². The average Bonchev–Trinajstić information content (AvgIpc) is 2.62. The van der Waals surface area contributed by atoms with Crippen LogP contribution in [0, 0.1) is 0 Å². The summed E-state index contributed by atoms with van der Waals surface area (Å²) in [5.74, 6) is -0.163. The van der Waals surface area contributed by atoms with Crippen molar-refractivity contribution in [2.75, 3.05) is 31.5 Å². The lowest BCUT2D eigenvalue weighted by molar-refractivity contribution is -0.118. The molecule has 0 bridgehead atoms. The van der Waals surface area contributed by atoms with Crippen molar-refractivity contribution >= 4 is 34.0 Å². The minimum Gasteiger partial charge on any atom is -0.325 e. The molecule has 3 rings (SSSR count). The number of primary sulfonamides is 1. The standard InChI is InChI=1S/C17H21N5O3S.ClH/c18-26(24,25)15-5-3-14(4-6-15)21-17(23)12-22-9-8-20-11-16(22)13-2-1-7-19-10-13;/h1-7,10,16,20H,8-9,11-12H2,(H,21,23)(H2,18,24,25);1H. The van der Waals surface area contributed by atoms with E-state index < -0.39 is 10.0 Å². The molecule has 1 aromatic carbocycles. The van der Waals surface area contributed by atoms with Gasteiger partial charge in [-0.1, -0.05) is 6.07 Å². The van der Waals surface area contributed by atoms with E-state index >= 15 is 0 Å². The molecule has 1 fully saturated rings. The van der Waals surface area contributed by atoms with Crippen LogP contribution in [0.2, 0.25) is 0 Å². The van der Waals surface area contributed by atoms with Crippen LogP contribution in [0.4, 0.5) is 5.69 Å². The van der Waals surface area contributed by atoms with Crippen molar-refractivity contribution in [3.63, 3.8) is 0 Å². The van der Waals surface area contributed by atoms with Crippen molar-refractivity contribution in [2.45, 2.75) is 10.9 Å². The number of nitrogens with zero attached hydrogens (tertiary/aromatic N) is 2. The number of nitrogens with two attached hydrogens (primary N) is 1. The summed E-state index contributed by atoms with van der Waals surface area (Å²) in [6.07, 6.45) is 3.54. The number of rotatable bonds is 5. The number of benzene rings is 1. The number of hydrogen-bond acceptors (Lipinski definition) is 6. The Hall–Kier alpha value is -2.04. The zero-order valence-corrected chi connectivity index (χ0v) is 16.2. The molecule has 0 radical (unpaired) electrons. The molecule has 0 spiro atoms. The number of carbonyl (C=O) groups is 1. The molecule has 146 valence electrons. The highest BCUT2D eigenvalue weighted by Crippen LogP contribution is 2.21. The summed E-state index contributed by atoms with van der Waals surface area (Å²) in [7, 11) is -3.74. The first-order valence-electron chi connectivity index (χ1n) is 8.21. The number of aromatic nitrogens is 1. The molecule has 1 aromatic heterocycles. The fraction of sp³-hybridized carbons (Fsp3) is 0.294. The van der Waals surface area contributed by atoms with Crippen LogP contribution in [0.1, 0.15) is 11.6 Å². The number of amides is 1. The van der Waals surface area contributed by atoms with Crippen molar-refractivity contribution in [1.29, 1.82) is 0 Å². The van der Waals surface area contributed by atoms with Gasteiger partial charge in [0.15, 0.2) is 0 Å². The van der Waals surface area contributed by atoms with Gasteiger partial charge in [0.05, 0.1) is 11.4 Å². The maximum absolute atomic E-state index is 12.4. The molecule has 1 amide bonds. The second-order valence-corrected chi connectivity index (χ2v) is 7.66. The van der Waals surface area contributed by atoms with Gasteiger partial charge >= 0.3 is 0 Å². The summed E-state index contributed by atoms with van der Waals surface area (Å²) in [5.41, 5.74) is 1.58. The highest BCUT2D eigenvalue weighted by molar-refractivity contribution is 7.89. The van der Waals surface area contributed by atoms with Gasteiger partial charge in [0.1, 0.15) is 0 Å². The first-order valence-corrected chi connectivity index (χ1v) is 9.75. The molecule has 2 aromatic rings. The number of piperazine rings is 1. The summed E-state index contributed by atoms with van der Waals surface area (Å²) in [6, 6.07) is 9.74. The molecule has 1 unspecified atom stereocenters. The van der Waals surface area contributed by atoms with Crippen molar-refractivity contribution < 1.29 is 13.2 Å². The SMILES string of the molecule is Cl.NS(=O)(=O)c1ccc(NC(=O)CN2CCNCC2c2cccnc2)cc1. The fourth-order valence-corrected chi connectivity index (χ4v) is 3.47. The third-order valence-corrected chi connectivity index (χ3v) is 5.17. The Balaban J connectivity index is 0.00000261. The Morgan fingerprint density at radius 2 is 2.04 bits per heavy atom. The highest BCUT2D eigenvalue weighted by Gasteiger charge is 2.25. The van der Waals surface area contributed by atoms with Crippen LogP contribution in [-0.2, 0) is 14.8 Å². The molecule has 8 nitrogen and oxygen atoms in total. The van der Waals surface area contributed by atoms with Crippen LogP contribution in [0.15, 0.2) is 53.7 Å². The number of nitrogens with one attached hydrogen (secondary N) is 2. The minimum atomic E-state index is -3.74. The molecule has 1 atom stereocenters. The maximum Gasteiger partial charge on any atom is 0.238 e. The van der Waals surface area contributed by atoms with E-state index in [9.17, 15) is 13.2 Å². The van der Waals surface area contributed by atoms with Gasteiger partial charge in [0.2, 0.25) is 15.9 Å². The quantitative estimate of drug-likeness (QED) is 0.667. The lowest BCUT2D eigenvalue weighted by atomic mass is 10.1. The average molecular weight is 412 g/mol. The van der Waals surface area contributed by atoms with E-state index in [0.717, 1.165) is 25.2 Å². The van der Waals surface area contributed by atoms with Crippen molar-refractivity contribution in [2.24, 2.45) is 5.14 Å². The molecule has 27 heavy (non-hydrogen) atoms. The topological polar surface area (TPSA) is 117 Å². The lowest BCUT2D eigenvalue weighted by Gasteiger charge is -2.35. The van der Waals surface area contributed by atoms with Crippen LogP contribution >= 0.6 is 12.4 Å². The molecule has 1 aliphatic rings. The molecule has 1 aliphatic heterocycles. The van der Waals surface area contributed by atoms with Gasteiger partial charge in [-0.25, -0.2) is 13.6 Å².